The fraction of sp³-hybridized carbons (Fsp3) is 0.222. The number of fused-ring (bicyclic) bond motifs is 1. The third-order valence-corrected chi connectivity index (χ3v) is 4.00. The lowest BCUT2D eigenvalue weighted by Crippen LogP contribution is -2.14. The molecule has 1 atom stereocenters. The summed E-state index contributed by atoms with van der Waals surface area (Å²) in [7, 11) is 4.38. The van der Waals surface area contributed by atoms with Crippen molar-refractivity contribution >= 4 is 6.08 Å². The van der Waals surface area contributed by atoms with Crippen LogP contribution < -0.4 is 9.47 Å². The number of phenolic OH excluding ortho intramolecular Hbond substituents is 3. The first-order valence-electron chi connectivity index (χ1n) is 7.45. The second kappa shape index (κ2) is 6.35. The molecule has 0 fully saturated rings. The van der Waals surface area contributed by atoms with Crippen molar-refractivity contribution in [1.82, 2.24) is 0 Å². The second-order valence-corrected chi connectivity index (χ2v) is 5.45. The van der Waals surface area contributed by atoms with Crippen LogP contribution in [0.5, 0.6) is 34.5 Å². The highest BCUT2D eigenvalue weighted by molar-refractivity contribution is 5.69. The van der Waals surface area contributed by atoms with Gasteiger partial charge in [0.1, 0.15) is 17.1 Å². The summed E-state index contributed by atoms with van der Waals surface area (Å²) in [6, 6.07) is 5.96. The average molecular weight is 347 g/mol. The first-order chi connectivity index (χ1) is 12.0. The lowest BCUT2D eigenvalue weighted by molar-refractivity contribution is -0.0262. The predicted octanol–water partition coefficient (Wildman–Crippen LogP) is 2.80. The Hall–Kier alpha value is -3.22. The number of ether oxygens (including phenoxy) is 4. The molecule has 1 unspecified atom stereocenters. The zero-order valence-electron chi connectivity index (χ0n) is 14.0. The van der Waals surface area contributed by atoms with E-state index >= 15 is 0 Å². The smallest absolute Gasteiger partial charge is 0.270 e. The summed E-state index contributed by atoms with van der Waals surface area (Å²) >= 11 is 0. The summed E-state index contributed by atoms with van der Waals surface area (Å²) in [6.45, 7) is 0. The Bertz CT molecular complexity index is 817. The van der Waals surface area contributed by atoms with E-state index in [4.69, 9.17) is 14.2 Å². The first-order valence-corrected chi connectivity index (χ1v) is 7.45. The Morgan fingerprint density at radius 1 is 0.880 bits per heavy atom. The van der Waals surface area contributed by atoms with Gasteiger partial charge in [0.25, 0.3) is 11.9 Å². The van der Waals surface area contributed by atoms with E-state index in [0.29, 0.717) is 22.6 Å². The molecule has 2 aromatic rings. The van der Waals surface area contributed by atoms with Crippen molar-refractivity contribution in [3.8, 4) is 34.5 Å². The van der Waals surface area contributed by atoms with E-state index in [0.717, 1.165) is 0 Å². The van der Waals surface area contributed by atoms with Gasteiger partial charge in [-0.05, 0) is 12.1 Å². The van der Waals surface area contributed by atoms with Gasteiger partial charge < -0.3 is 34.3 Å². The molecule has 1 heterocycles. The van der Waals surface area contributed by atoms with Crippen LogP contribution in [0.1, 0.15) is 17.2 Å². The third kappa shape index (κ3) is 2.84. The molecule has 7 nitrogen and oxygen atoms in total. The van der Waals surface area contributed by atoms with Crippen LogP contribution in [0.4, 0.5) is 0 Å². The number of rotatable bonds is 4. The van der Waals surface area contributed by atoms with Crippen LogP contribution in [0.3, 0.4) is 0 Å². The molecule has 1 aliphatic heterocycles. The van der Waals surface area contributed by atoms with Gasteiger partial charge in [-0.3, -0.25) is 0 Å². The van der Waals surface area contributed by atoms with Crippen LogP contribution in [0, 0.1) is 0 Å². The number of hydrogen-bond donors (Lipinski definition) is 3. The maximum atomic E-state index is 10.1. The number of benzene rings is 2. The molecule has 0 spiro atoms. The molecule has 0 amide bonds. The van der Waals surface area contributed by atoms with Gasteiger partial charge in [-0.25, -0.2) is 0 Å². The molecule has 25 heavy (non-hydrogen) atoms. The average Bonchev–Trinajstić information content (AvgIpc) is 2.60. The Morgan fingerprint density at radius 2 is 1.52 bits per heavy atom. The van der Waals surface area contributed by atoms with E-state index in [2.05, 4.69) is 4.74 Å². The third-order valence-electron chi connectivity index (χ3n) is 4.00. The van der Waals surface area contributed by atoms with Gasteiger partial charge in [0.15, 0.2) is 17.3 Å². The molecular weight excluding hydrogens is 328 g/mol. The van der Waals surface area contributed by atoms with Crippen molar-refractivity contribution < 1.29 is 34.3 Å². The molecule has 2 aromatic carbocycles. The van der Waals surface area contributed by atoms with Gasteiger partial charge in [-0.15, -0.1) is 0 Å². The van der Waals surface area contributed by atoms with E-state index in [1.165, 1.54) is 33.5 Å². The molecular formula is C18H19O7+. The summed E-state index contributed by atoms with van der Waals surface area (Å²) in [4.78, 5) is 0. The fourth-order valence-corrected chi connectivity index (χ4v) is 2.77. The largest absolute Gasteiger partial charge is 0.571 e. The van der Waals surface area contributed by atoms with Crippen molar-refractivity contribution in [3.63, 3.8) is 0 Å². The maximum absolute atomic E-state index is 10.1. The van der Waals surface area contributed by atoms with Crippen LogP contribution in [0.25, 0.3) is 6.08 Å². The molecule has 3 rings (SSSR count). The molecule has 0 saturated carbocycles. The predicted molar refractivity (Wildman–Crippen MR) is 90.4 cm³/mol. The van der Waals surface area contributed by atoms with Crippen LogP contribution in [0.2, 0.25) is 0 Å². The molecule has 132 valence electrons. The number of phenols is 3. The van der Waals surface area contributed by atoms with E-state index in [-0.39, 0.29) is 28.7 Å². The molecule has 1 aliphatic rings. The lowest BCUT2D eigenvalue weighted by Gasteiger charge is -2.25. The van der Waals surface area contributed by atoms with Gasteiger partial charge in [0, 0.05) is 12.1 Å². The number of aromatic hydroxyl groups is 4. The van der Waals surface area contributed by atoms with E-state index in [1.54, 1.807) is 18.2 Å². The Morgan fingerprint density at radius 3 is 2.08 bits per heavy atom. The highest BCUT2D eigenvalue weighted by Crippen LogP contribution is 2.47. The number of aliphatic hydroxyl groups is 1. The molecule has 0 saturated heterocycles. The normalized spacial score (nSPS) is 15.6. The molecule has 7 heteroatoms. The van der Waals surface area contributed by atoms with Crippen molar-refractivity contribution in [3.05, 3.63) is 41.2 Å². The number of methoxy groups -OCH3 is 3. The minimum atomic E-state index is -0.554. The van der Waals surface area contributed by atoms with Crippen molar-refractivity contribution in [2.24, 2.45) is 0 Å². The molecule has 4 N–H and O–H groups in total. The van der Waals surface area contributed by atoms with Gasteiger partial charge in [-0.2, -0.15) is 0 Å². The van der Waals surface area contributed by atoms with E-state index < -0.39 is 6.10 Å². The quantitative estimate of drug-likeness (QED) is 0.735. The van der Waals surface area contributed by atoms with Gasteiger partial charge in [-0.1, -0.05) is 0 Å². The summed E-state index contributed by atoms with van der Waals surface area (Å²) in [6.07, 6.45) is 1.11. The molecule has 0 bridgehead atoms. The maximum Gasteiger partial charge on any atom is 0.270 e. The second-order valence-electron chi connectivity index (χ2n) is 5.45. The minimum absolute atomic E-state index is 0.0890. The highest BCUT2D eigenvalue weighted by Gasteiger charge is 2.33. The molecule has 0 aliphatic carbocycles. The standard InChI is InChI=1S/C18H18O7/c1-22-14-4-9(5-15(23-2)17(14)21)18-16(24-3)8-11-12(20)6-10(19)7-13(11)25-18/h4-8,18-21H,1-3H3/p+1. The van der Waals surface area contributed by atoms with Crippen molar-refractivity contribution in [2.75, 3.05) is 21.3 Å². The van der Waals surface area contributed by atoms with Crippen LogP contribution in [0.15, 0.2) is 30.0 Å². The lowest BCUT2D eigenvalue weighted by atomic mass is 10.0. The van der Waals surface area contributed by atoms with Gasteiger partial charge in [0.2, 0.25) is 5.75 Å². The highest BCUT2D eigenvalue weighted by atomic mass is 16.5. The number of hydrogen-bond acceptors (Lipinski definition) is 6. The Labute approximate surface area is 144 Å². The summed E-state index contributed by atoms with van der Waals surface area (Å²) in [5, 5.41) is 29.8. The molecule has 0 aromatic heterocycles. The monoisotopic (exact) mass is 347 g/mol. The van der Waals surface area contributed by atoms with Crippen molar-refractivity contribution in [1.29, 1.82) is 0 Å². The van der Waals surface area contributed by atoms with Crippen LogP contribution in [-0.4, -0.2) is 41.4 Å². The van der Waals surface area contributed by atoms with Crippen LogP contribution >= 0.6 is 0 Å². The zero-order chi connectivity index (χ0) is 18.1. The Balaban J connectivity index is 2.12. The summed E-state index contributed by atoms with van der Waals surface area (Å²) in [5.41, 5.74) is 1.12. The minimum Gasteiger partial charge on any atom is -0.571 e. The van der Waals surface area contributed by atoms with Crippen LogP contribution in [-0.2, 0) is 4.74 Å². The summed E-state index contributed by atoms with van der Waals surface area (Å²) < 4.78 is 20.4. The molecule has 0 radical (unpaired) electrons. The van der Waals surface area contributed by atoms with E-state index in [1.807, 2.05) is 0 Å². The van der Waals surface area contributed by atoms with Gasteiger partial charge >= 0.3 is 0 Å². The van der Waals surface area contributed by atoms with E-state index in [9.17, 15) is 15.3 Å². The van der Waals surface area contributed by atoms with Crippen molar-refractivity contribution in [2.45, 2.75) is 6.10 Å². The first kappa shape index (κ1) is 16.6. The zero-order valence-corrected chi connectivity index (χ0v) is 14.0. The Kier molecular flexibility index (Phi) is 4.22. The SMILES string of the molecule is COC1=Cc2c(O)cc(O)cc2[OH+]C1c1cc(OC)c(O)c(OC)c1. The summed E-state index contributed by atoms with van der Waals surface area (Å²) in [5.74, 6) is 1.11. The topological polar surface area (TPSA) is 101 Å². The fourth-order valence-electron chi connectivity index (χ4n) is 2.77. The van der Waals surface area contributed by atoms with Gasteiger partial charge in [0.05, 0.1) is 33.0 Å².